The third-order valence-electron chi connectivity index (χ3n) is 4.54. The average Bonchev–Trinajstić information content (AvgIpc) is 2.50. The maximum atomic E-state index is 6.20. The summed E-state index contributed by atoms with van der Waals surface area (Å²) in [5.74, 6) is 0.209. The lowest BCUT2D eigenvalue weighted by molar-refractivity contribution is -0.270. The molecule has 134 valence electrons. The van der Waals surface area contributed by atoms with E-state index in [1.165, 1.54) is 57.8 Å². The topological polar surface area (TPSA) is 18.5 Å². The lowest BCUT2D eigenvalue weighted by atomic mass is 9.85. The molecule has 0 spiro atoms. The Bertz CT molecular complexity index is 211. The van der Waals surface area contributed by atoms with E-state index in [1.54, 1.807) is 0 Å². The van der Waals surface area contributed by atoms with Crippen LogP contribution >= 0.6 is 0 Å². The van der Waals surface area contributed by atoms with Gasteiger partial charge >= 0.3 is 0 Å². The van der Waals surface area contributed by atoms with E-state index in [2.05, 4.69) is 34.6 Å². The molecule has 0 bridgehead atoms. The second kappa shape index (κ2) is 14.5. The maximum absolute atomic E-state index is 6.20. The molecule has 2 heteroatoms. The van der Waals surface area contributed by atoms with Crippen LogP contribution in [0.15, 0.2) is 0 Å². The van der Waals surface area contributed by atoms with Crippen LogP contribution in [0.3, 0.4) is 0 Å². The molecule has 1 unspecified atom stereocenters. The van der Waals surface area contributed by atoms with E-state index >= 15 is 0 Å². The average molecular weight is 315 g/mol. The van der Waals surface area contributed by atoms with Gasteiger partial charge < -0.3 is 9.47 Å². The Labute approximate surface area is 140 Å². The van der Waals surface area contributed by atoms with Crippen molar-refractivity contribution in [3.8, 4) is 0 Å². The summed E-state index contributed by atoms with van der Waals surface area (Å²) >= 11 is 0. The predicted octanol–water partition coefficient (Wildman–Crippen LogP) is 6.72. The molecule has 0 aliphatic rings. The van der Waals surface area contributed by atoms with Gasteiger partial charge in [-0.3, -0.25) is 0 Å². The molecule has 0 aromatic heterocycles. The van der Waals surface area contributed by atoms with Crippen LogP contribution in [0.1, 0.15) is 105 Å². The molecular formula is C20H42O2. The number of unbranched alkanes of at least 4 members (excludes halogenated alkanes) is 5. The second-order valence-electron chi connectivity index (χ2n) is 6.47. The van der Waals surface area contributed by atoms with Crippen molar-refractivity contribution in [1.82, 2.24) is 0 Å². The van der Waals surface area contributed by atoms with Gasteiger partial charge in [-0.25, -0.2) is 0 Å². The van der Waals surface area contributed by atoms with Crippen LogP contribution in [0.4, 0.5) is 0 Å². The van der Waals surface area contributed by atoms with E-state index in [4.69, 9.17) is 9.47 Å². The van der Waals surface area contributed by atoms with Crippen molar-refractivity contribution in [2.24, 2.45) is 5.92 Å². The first-order valence-electron chi connectivity index (χ1n) is 9.98. The molecule has 0 aliphatic heterocycles. The zero-order valence-electron chi connectivity index (χ0n) is 16.1. The van der Waals surface area contributed by atoms with Gasteiger partial charge in [0.15, 0.2) is 5.79 Å². The minimum atomic E-state index is -0.336. The monoisotopic (exact) mass is 314 g/mol. The van der Waals surface area contributed by atoms with Crippen molar-refractivity contribution >= 4 is 0 Å². The third kappa shape index (κ3) is 8.53. The fourth-order valence-electron chi connectivity index (χ4n) is 3.57. The summed E-state index contributed by atoms with van der Waals surface area (Å²) in [6, 6.07) is 0. The smallest absolute Gasteiger partial charge is 0.170 e. The molecule has 0 fully saturated rings. The molecule has 0 aromatic carbocycles. The Hall–Kier alpha value is -0.0800. The molecule has 1 atom stereocenters. The van der Waals surface area contributed by atoms with Crippen molar-refractivity contribution in [3.63, 3.8) is 0 Å². The second-order valence-corrected chi connectivity index (χ2v) is 6.47. The molecule has 0 aliphatic carbocycles. The van der Waals surface area contributed by atoms with Crippen LogP contribution in [0, 0.1) is 5.92 Å². The number of rotatable bonds is 16. The molecule has 2 nitrogen and oxygen atoms in total. The number of hydrogen-bond acceptors (Lipinski definition) is 2. The summed E-state index contributed by atoms with van der Waals surface area (Å²) < 4.78 is 12.4. The van der Waals surface area contributed by atoms with Crippen LogP contribution in [0.2, 0.25) is 0 Å². The summed E-state index contributed by atoms with van der Waals surface area (Å²) in [4.78, 5) is 0. The first kappa shape index (κ1) is 21.9. The van der Waals surface area contributed by atoms with Crippen molar-refractivity contribution in [3.05, 3.63) is 0 Å². The third-order valence-corrected chi connectivity index (χ3v) is 4.54. The highest BCUT2D eigenvalue weighted by molar-refractivity contribution is 4.80. The van der Waals surface area contributed by atoms with Crippen LogP contribution in [-0.4, -0.2) is 19.0 Å². The molecule has 0 aromatic rings. The van der Waals surface area contributed by atoms with E-state index in [9.17, 15) is 0 Å². The molecule has 22 heavy (non-hydrogen) atoms. The summed E-state index contributed by atoms with van der Waals surface area (Å²) in [5.41, 5.74) is 0. The first-order valence-corrected chi connectivity index (χ1v) is 9.98. The quantitative estimate of drug-likeness (QED) is 0.232. The van der Waals surface area contributed by atoms with Crippen LogP contribution in [0.25, 0.3) is 0 Å². The van der Waals surface area contributed by atoms with Gasteiger partial charge in [0, 0.05) is 25.6 Å². The predicted molar refractivity (Wildman–Crippen MR) is 97.3 cm³/mol. The highest BCUT2D eigenvalue weighted by Crippen LogP contribution is 2.36. The molecule has 0 amide bonds. The van der Waals surface area contributed by atoms with Gasteiger partial charge in [-0.2, -0.15) is 0 Å². The van der Waals surface area contributed by atoms with E-state index in [0.29, 0.717) is 5.92 Å². The Morgan fingerprint density at radius 2 is 1.23 bits per heavy atom. The van der Waals surface area contributed by atoms with Gasteiger partial charge in [-0.1, -0.05) is 72.1 Å². The summed E-state index contributed by atoms with van der Waals surface area (Å²) in [6.07, 6.45) is 14.0. The first-order chi connectivity index (χ1) is 10.7. The highest BCUT2D eigenvalue weighted by atomic mass is 16.7. The van der Waals surface area contributed by atoms with Crippen LogP contribution in [0.5, 0.6) is 0 Å². The Balaban J connectivity index is 4.58. The molecule has 0 rings (SSSR count). The van der Waals surface area contributed by atoms with Gasteiger partial charge in [0.2, 0.25) is 0 Å². The van der Waals surface area contributed by atoms with E-state index in [-0.39, 0.29) is 5.79 Å². The Kier molecular flexibility index (Phi) is 14.5. The molecule has 0 N–H and O–H groups in total. The summed E-state index contributed by atoms with van der Waals surface area (Å²) in [5, 5.41) is 0. The standard InChI is InChI=1S/C20H42O2/c1-6-11-12-13-14-15-17-19(16-7-2)20(18-8-3,21-9-4)22-10-5/h19H,6-18H2,1-5H3. The molecular weight excluding hydrogens is 272 g/mol. The molecule has 0 saturated carbocycles. The minimum Gasteiger partial charge on any atom is -0.350 e. The van der Waals surface area contributed by atoms with E-state index < -0.39 is 0 Å². The zero-order chi connectivity index (χ0) is 16.7. The lowest BCUT2D eigenvalue weighted by Gasteiger charge is -2.40. The molecule has 0 radical (unpaired) electrons. The van der Waals surface area contributed by atoms with Crippen LogP contribution < -0.4 is 0 Å². The van der Waals surface area contributed by atoms with Crippen LogP contribution in [-0.2, 0) is 9.47 Å². The SMILES string of the molecule is CCCCCCCCC(CCC)C(CCC)(OCC)OCC. The number of hydrogen-bond donors (Lipinski definition) is 0. The van der Waals surface area contributed by atoms with Gasteiger partial charge in [0.1, 0.15) is 0 Å². The highest BCUT2D eigenvalue weighted by Gasteiger charge is 2.38. The fraction of sp³-hybridized carbons (Fsp3) is 1.00. The minimum absolute atomic E-state index is 0.336. The zero-order valence-corrected chi connectivity index (χ0v) is 16.1. The van der Waals surface area contributed by atoms with Crippen molar-refractivity contribution in [2.75, 3.05) is 13.2 Å². The maximum Gasteiger partial charge on any atom is 0.170 e. The Morgan fingerprint density at radius 3 is 1.73 bits per heavy atom. The fourth-order valence-corrected chi connectivity index (χ4v) is 3.57. The van der Waals surface area contributed by atoms with Gasteiger partial charge in [0.25, 0.3) is 0 Å². The van der Waals surface area contributed by atoms with E-state index in [1.807, 2.05) is 0 Å². The van der Waals surface area contributed by atoms with Gasteiger partial charge in [0.05, 0.1) is 0 Å². The van der Waals surface area contributed by atoms with Crippen molar-refractivity contribution in [1.29, 1.82) is 0 Å². The largest absolute Gasteiger partial charge is 0.350 e. The van der Waals surface area contributed by atoms with Crippen molar-refractivity contribution in [2.45, 2.75) is 111 Å². The number of ether oxygens (including phenoxy) is 2. The normalized spacial score (nSPS) is 13.5. The van der Waals surface area contributed by atoms with Gasteiger partial charge in [-0.05, 0) is 26.7 Å². The molecule has 0 saturated heterocycles. The Morgan fingerprint density at radius 1 is 0.636 bits per heavy atom. The van der Waals surface area contributed by atoms with Gasteiger partial charge in [-0.15, -0.1) is 0 Å². The van der Waals surface area contributed by atoms with E-state index in [0.717, 1.165) is 26.1 Å². The lowest BCUT2D eigenvalue weighted by Crippen LogP contribution is -2.44. The summed E-state index contributed by atoms with van der Waals surface area (Å²) in [6.45, 7) is 12.5. The van der Waals surface area contributed by atoms with Crippen molar-refractivity contribution < 1.29 is 9.47 Å². The summed E-state index contributed by atoms with van der Waals surface area (Å²) in [7, 11) is 0. The molecule has 0 heterocycles.